The largest absolute Gasteiger partial charge is 0.135 e. The van der Waals surface area contributed by atoms with Crippen LogP contribution in [-0.2, 0) is 0 Å². The topological polar surface area (TPSA) is 0 Å². The van der Waals surface area contributed by atoms with E-state index in [1.165, 1.54) is 128 Å². The van der Waals surface area contributed by atoms with Crippen LogP contribution < -0.4 is 0 Å². The van der Waals surface area contributed by atoms with Crippen molar-refractivity contribution in [1.82, 2.24) is 0 Å². The van der Waals surface area contributed by atoms with Gasteiger partial charge in [0.15, 0.2) is 0 Å². The Balaban J connectivity index is 1.04. The van der Waals surface area contributed by atoms with Crippen molar-refractivity contribution in [3.05, 3.63) is 206 Å². The molecule has 60 heavy (non-hydrogen) atoms. The lowest BCUT2D eigenvalue weighted by Gasteiger charge is -2.18. The summed E-state index contributed by atoms with van der Waals surface area (Å²) in [7, 11) is 0. The highest BCUT2D eigenvalue weighted by molar-refractivity contribution is 7.26. The van der Waals surface area contributed by atoms with Gasteiger partial charge in [-0.1, -0.05) is 182 Å². The summed E-state index contributed by atoms with van der Waals surface area (Å²) in [6.45, 7) is 0. The van der Waals surface area contributed by atoms with Gasteiger partial charge in [-0.15, -0.1) is 22.7 Å². The summed E-state index contributed by atoms with van der Waals surface area (Å²) >= 11 is 3.80. The molecule has 0 aliphatic carbocycles. The third-order valence-electron chi connectivity index (χ3n) is 12.6. The van der Waals surface area contributed by atoms with Crippen LogP contribution in [0.3, 0.4) is 0 Å². The summed E-state index contributed by atoms with van der Waals surface area (Å²) in [4.78, 5) is 0. The molecule has 278 valence electrons. The highest BCUT2D eigenvalue weighted by Gasteiger charge is 2.21. The minimum Gasteiger partial charge on any atom is -0.135 e. The smallest absolute Gasteiger partial charge is 0.0434 e. The quantitative estimate of drug-likeness (QED) is 0.156. The highest BCUT2D eigenvalue weighted by Crippen LogP contribution is 2.50. The van der Waals surface area contributed by atoms with Crippen LogP contribution >= 0.6 is 22.7 Å². The van der Waals surface area contributed by atoms with Crippen LogP contribution in [0.5, 0.6) is 0 Å². The lowest BCUT2D eigenvalue weighted by Crippen LogP contribution is -1.91. The molecule has 0 atom stereocenters. The van der Waals surface area contributed by atoms with Crippen LogP contribution in [0.2, 0.25) is 0 Å². The molecule has 0 saturated carbocycles. The number of hydrogen-bond donors (Lipinski definition) is 0. The second kappa shape index (κ2) is 13.2. The van der Waals surface area contributed by atoms with E-state index in [-0.39, 0.29) is 0 Å². The van der Waals surface area contributed by atoms with E-state index in [1.807, 2.05) is 22.7 Å². The Bertz CT molecular complexity index is 3770. The Labute approximate surface area is 354 Å². The Hall–Kier alpha value is -7.10. The predicted octanol–water partition coefficient (Wildman–Crippen LogP) is 17.7. The zero-order valence-corrected chi connectivity index (χ0v) is 34.1. The first kappa shape index (κ1) is 33.8. The molecule has 11 aromatic carbocycles. The fourth-order valence-electron chi connectivity index (χ4n) is 10.1. The van der Waals surface area contributed by atoms with Crippen molar-refractivity contribution in [1.29, 1.82) is 0 Å². The van der Waals surface area contributed by atoms with Gasteiger partial charge in [0, 0.05) is 45.9 Å². The van der Waals surface area contributed by atoms with Crippen LogP contribution in [-0.4, -0.2) is 0 Å². The monoisotopic (exact) mass is 794 g/mol. The van der Waals surface area contributed by atoms with E-state index in [0.717, 1.165) is 0 Å². The van der Waals surface area contributed by atoms with Crippen molar-refractivity contribution in [3.8, 4) is 44.5 Å². The SMILES string of the molecule is c1ccc(-c2c3ccccc3c(-c3ccc4sc5c(-c6c7ccccc7c(-c7ccc8c(c7)sc7ccccc78)c7ccccc67)cccc5c4c3)c3ccccc23)cc1. The summed E-state index contributed by atoms with van der Waals surface area (Å²) in [5.74, 6) is 0. The standard InChI is InChI=1S/C58H34S2/c1-2-15-35(16-3-1)54-40-18-4-6-20-42(40)55(43-21-7-5-19-41(43)54)36-30-32-52-50(33-36)48-26-14-27-49(58(48)60-52)57-46-24-10-8-22-44(46)56(45-23-9-11-25-47(45)57)37-29-31-39-38-17-12-13-28-51(38)59-53(39)34-37/h1-34H. The van der Waals surface area contributed by atoms with Crippen molar-refractivity contribution in [2.75, 3.05) is 0 Å². The molecule has 0 saturated heterocycles. The molecule has 0 spiro atoms. The molecular formula is C58H34S2. The van der Waals surface area contributed by atoms with E-state index in [1.54, 1.807) is 0 Å². The summed E-state index contributed by atoms with van der Waals surface area (Å²) in [5.41, 5.74) is 10.2. The van der Waals surface area contributed by atoms with E-state index in [0.29, 0.717) is 0 Å². The Kier molecular flexibility index (Phi) is 7.45. The van der Waals surface area contributed by atoms with Gasteiger partial charge in [0.25, 0.3) is 0 Å². The third kappa shape index (κ3) is 4.96. The number of hydrogen-bond acceptors (Lipinski definition) is 2. The maximum absolute atomic E-state index is 2.46. The highest BCUT2D eigenvalue weighted by atomic mass is 32.1. The molecule has 0 aliphatic rings. The maximum Gasteiger partial charge on any atom is 0.0434 e. The van der Waals surface area contributed by atoms with E-state index in [9.17, 15) is 0 Å². The van der Waals surface area contributed by atoms with Crippen molar-refractivity contribution < 1.29 is 0 Å². The van der Waals surface area contributed by atoms with Gasteiger partial charge in [-0.2, -0.15) is 0 Å². The van der Waals surface area contributed by atoms with Gasteiger partial charge in [-0.05, 0) is 106 Å². The second-order valence-electron chi connectivity index (χ2n) is 15.9. The van der Waals surface area contributed by atoms with Crippen molar-refractivity contribution in [2.24, 2.45) is 0 Å². The molecule has 13 rings (SSSR count). The van der Waals surface area contributed by atoms with Gasteiger partial charge >= 0.3 is 0 Å². The molecular weight excluding hydrogens is 761 g/mol. The van der Waals surface area contributed by atoms with Gasteiger partial charge in [-0.3, -0.25) is 0 Å². The molecule has 0 aliphatic heterocycles. The molecule has 0 amide bonds. The van der Waals surface area contributed by atoms with Gasteiger partial charge in [0.2, 0.25) is 0 Å². The molecule has 0 N–H and O–H groups in total. The van der Waals surface area contributed by atoms with Gasteiger partial charge in [0.05, 0.1) is 0 Å². The summed E-state index contributed by atoms with van der Waals surface area (Å²) < 4.78 is 5.29. The summed E-state index contributed by atoms with van der Waals surface area (Å²) in [6.07, 6.45) is 0. The van der Waals surface area contributed by atoms with E-state index < -0.39 is 0 Å². The number of thiophene rings is 2. The Morgan fingerprint density at radius 1 is 0.217 bits per heavy atom. The molecule has 0 nitrogen and oxygen atoms in total. The van der Waals surface area contributed by atoms with E-state index in [2.05, 4.69) is 206 Å². The van der Waals surface area contributed by atoms with Gasteiger partial charge in [-0.25, -0.2) is 0 Å². The number of benzene rings is 11. The van der Waals surface area contributed by atoms with Crippen LogP contribution in [0.4, 0.5) is 0 Å². The minimum absolute atomic E-state index is 1.24. The fraction of sp³-hybridized carbons (Fsp3) is 0. The average molecular weight is 795 g/mol. The van der Waals surface area contributed by atoms with Crippen LogP contribution in [0.25, 0.3) is 128 Å². The van der Waals surface area contributed by atoms with Crippen LogP contribution in [0.15, 0.2) is 206 Å². The fourth-order valence-corrected chi connectivity index (χ4v) is 12.5. The third-order valence-corrected chi connectivity index (χ3v) is 15.0. The average Bonchev–Trinajstić information content (AvgIpc) is 3.88. The Morgan fingerprint density at radius 2 is 0.650 bits per heavy atom. The number of fused-ring (bicyclic) bond motifs is 10. The van der Waals surface area contributed by atoms with Gasteiger partial charge < -0.3 is 0 Å². The second-order valence-corrected chi connectivity index (χ2v) is 18.0. The number of rotatable bonds is 4. The molecule has 2 heterocycles. The summed E-state index contributed by atoms with van der Waals surface area (Å²) in [5, 5.41) is 15.5. The minimum atomic E-state index is 1.24. The molecule has 2 heteroatoms. The lowest BCUT2D eigenvalue weighted by molar-refractivity contribution is 1.66. The maximum atomic E-state index is 2.46. The zero-order valence-electron chi connectivity index (χ0n) is 32.4. The first-order chi connectivity index (χ1) is 29.8. The van der Waals surface area contributed by atoms with Crippen LogP contribution in [0, 0.1) is 0 Å². The van der Waals surface area contributed by atoms with Crippen molar-refractivity contribution >= 4 is 106 Å². The first-order valence-electron chi connectivity index (χ1n) is 20.6. The molecule has 2 aromatic heterocycles. The molecule has 0 bridgehead atoms. The first-order valence-corrected chi connectivity index (χ1v) is 22.2. The molecule has 0 fully saturated rings. The van der Waals surface area contributed by atoms with Crippen molar-refractivity contribution in [2.45, 2.75) is 0 Å². The van der Waals surface area contributed by atoms with Crippen LogP contribution in [0.1, 0.15) is 0 Å². The Morgan fingerprint density at radius 3 is 1.25 bits per heavy atom. The normalized spacial score (nSPS) is 12.0. The molecule has 0 unspecified atom stereocenters. The molecule has 0 radical (unpaired) electrons. The van der Waals surface area contributed by atoms with Crippen molar-refractivity contribution in [3.63, 3.8) is 0 Å². The summed E-state index contributed by atoms with van der Waals surface area (Å²) in [6, 6.07) is 76.8. The molecule has 13 aromatic rings. The zero-order chi connectivity index (χ0) is 39.3. The van der Waals surface area contributed by atoms with E-state index in [4.69, 9.17) is 0 Å². The van der Waals surface area contributed by atoms with Gasteiger partial charge in [0.1, 0.15) is 0 Å². The predicted molar refractivity (Wildman–Crippen MR) is 264 cm³/mol. The lowest BCUT2D eigenvalue weighted by atomic mass is 9.85. The van der Waals surface area contributed by atoms with E-state index >= 15 is 0 Å².